The summed E-state index contributed by atoms with van der Waals surface area (Å²) in [5, 5.41) is 26.7. The van der Waals surface area contributed by atoms with E-state index in [2.05, 4.69) is 19.8 Å². The van der Waals surface area contributed by atoms with Crippen molar-refractivity contribution in [1.29, 1.82) is 15.8 Å². The molecule has 30 heavy (non-hydrogen) atoms. The second-order valence-corrected chi connectivity index (χ2v) is 5.55. The standard InChI is InChI=1S/C22H13N3O3.HPS/c23-13-16-1-7-19(8-2-16)26-22(27-20-9-3-17(14-24)4-10-20)28-21-11-5-18(15-25)6-12-21;1-2/h1-12,22H;1H. The van der Waals surface area contributed by atoms with Gasteiger partial charge in [0.25, 0.3) is 0 Å². The Balaban J connectivity index is 0.00000155. The molecule has 0 amide bonds. The van der Waals surface area contributed by atoms with E-state index in [0.717, 1.165) is 0 Å². The molecule has 0 aliphatic rings. The summed E-state index contributed by atoms with van der Waals surface area (Å²) in [6, 6.07) is 25.6. The summed E-state index contributed by atoms with van der Waals surface area (Å²) in [6.07, 6.45) is 0. The van der Waals surface area contributed by atoms with E-state index in [9.17, 15) is 0 Å². The van der Waals surface area contributed by atoms with Gasteiger partial charge in [-0.1, -0.05) is 11.8 Å². The van der Waals surface area contributed by atoms with Crippen molar-refractivity contribution in [3.63, 3.8) is 0 Å². The van der Waals surface area contributed by atoms with Gasteiger partial charge in [0.15, 0.2) is 0 Å². The van der Waals surface area contributed by atoms with Crippen molar-refractivity contribution in [2.24, 2.45) is 0 Å². The largest absolute Gasteiger partial charge is 0.423 e. The molecule has 0 unspecified atom stereocenters. The Hall–Kier alpha value is -3.95. The summed E-state index contributed by atoms with van der Waals surface area (Å²) < 4.78 is 17.3. The molecular formula is C22H14N3O3PS. The Morgan fingerprint density at radius 1 is 0.533 bits per heavy atom. The summed E-state index contributed by atoms with van der Waals surface area (Å²) >= 11 is 3.89. The molecule has 0 bridgehead atoms. The quantitative estimate of drug-likeness (QED) is 0.411. The van der Waals surface area contributed by atoms with Gasteiger partial charge in [0.2, 0.25) is 0 Å². The lowest BCUT2D eigenvalue weighted by molar-refractivity contribution is -0.140. The molecule has 0 spiro atoms. The van der Waals surface area contributed by atoms with Gasteiger partial charge in [0.1, 0.15) is 17.2 Å². The fourth-order valence-corrected chi connectivity index (χ4v) is 2.23. The lowest BCUT2D eigenvalue weighted by Gasteiger charge is -2.21. The minimum absolute atomic E-state index is 0.450. The van der Waals surface area contributed by atoms with Gasteiger partial charge in [-0.3, -0.25) is 0 Å². The first-order chi connectivity index (χ1) is 14.7. The first-order valence-electron chi connectivity index (χ1n) is 8.41. The second kappa shape index (κ2) is 11.8. The van der Waals surface area contributed by atoms with Gasteiger partial charge in [-0.05, 0) is 80.8 Å². The fraction of sp³-hybridized carbons (Fsp3) is 0.0455. The highest BCUT2D eigenvalue weighted by Gasteiger charge is 2.15. The van der Waals surface area contributed by atoms with Crippen LogP contribution in [-0.4, -0.2) is 6.48 Å². The monoisotopic (exact) mass is 431 g/mol. The molecule has 146 valence electrons. The molecule has 0 aliphatic heterocycles. The normalized spacial score (nSPS) is 9.13. The number of ether oxygens (including phenoxy) is 3. The van der Waals surface area contributed by atoms with Gasteiger partial charge >= 0.3 is 6.48 Å². The molecule has 3 rings (SSSR count). The van der Waals surface area contributed by atoms with Crippen molar-refractivity contribution in [3.05, 3.63) is 89.5 Å². The van der Waals surface area contributed by atoms with Crippen LogP contribution in [0.2, 0.25) is 0 Å². The van der Waals surface area contributed by atoms with Crippen molar-refractivity contribution in [3.8, 4) is 35.5 Å². The Morgan fingerprint density at radius 2 is 0.767 bits per heavy atom. The van der Waals surface area contributed by atoms with Crippen LogP contribution in [0.15, 0.2) is 72.8 Å². The number of hydrogen-bond donors (Lipinski definition) is 0. The Bertz CT molecular complexity index is 942. The molecule has 8 heteroatoms. The predicted octanol–water partition coefficient (Wildman–Crippen LogP) is 4.71. The molecule has 0 fully saturated rings. The van der Waals surface area contributed by atoms with Crippen LogP contribution in [-0.2, 0) is 11.8 Å². The van der Waals surface area contributed by atoms with E-state index in [1.807, 2.05) is 18.2 Å². The topological polar surface area (TPSA) is 99.1 Å². The van der Waals surface area contributed by atoms with Gasteiger partial charge in [-0.25, -0.2) is 0 Å². The van der Waals surface area contributed by atoms with Crippen molar-refractivity contribution < 1.29 is 14.2 Å². The van der Waals surface area contributed by atoms with Gasteiger partial charge < -0.3 is 14.2 Å². The van der Waals surface area contributed by atoms with Gasteiger partial charge in [0.05, 0.1) is 34.9 Å². The number of rotatable bonds is 6. The maximum absolute atomic E-state index is 8.90. The first-order valence-corrected chi connectivity index (χ1v) is 10.0. The van der Waals surface area contributed by atoms with Gasteiger partial charge in [-0.2, -0.15) is 15.8 Å². The van der Waals surface area contributed by atoms with Gasteiger partial charge in [0, 0.05) is 0 Å². The molecule has 0 aromatic heterocycles. The van der Waals surface area contributed by atoms with Crippen LogP contribution >= 0.6 is 8.02 Å². The second-order valence-electron chi connectivity index (χ2n) is 5.55. The third-order valence-corrected chi connectivity index (χ3v) is 3.65. The molecule has 0 saturated heterocycles. The summed E-state index contributed by atoms with van der Waals surface area (Å²) in [6.45, 7) is -1.13. The van der Waals surface area contributed by atoms with Crippen molar-refractivity contribution >= 4 is 19.8 Å². The summed E-state index contributed by atoms with van der Waals surface area (Å²) in [4.78, 5) is 0. The molecule has 0 radical (unpaired) electrons. The van der Waals surface area contributed by atoms with E-state index >= 15 is 0 Å². The SMILES string of the molecule is N#Cc1ccc(OC(Oc2ccc(C#N)cc2)Oc2ccc(C#N)cc2)cc1.P=S. The van der Waals surface area contributed by atoms with E-state index in [-0.39, 0.29) is 0 Å². The minimum atomic E-state index is -1.13. The summed E-state index contributed by atoms with van der Waals surface area (Å²) in [7, 11) is 2.56. The highest BCUT2D eigenvalue weighted by Crippen LogP contribution is 2.21. The van der Waals surface area contributed by atoms with E-state index < -0.39 is 6.48 Å². The first kappa shape index (κ1) is 22.3. The van der Waals surface area contributed by atoms with Crippen molar-refractivity contribution in [2.75, 3.05) is 0 Å². The molecule has 0 saturated carbocycles. The smallest absolute Gasteiger partial charge is 0.406 e. The molecule has 0 aliphatic carbocycles. The molecule has 0 heterocycles. The van der Waals surface area contributed by atoms with E-state index in [4.69, 9.17) is 30.0 Å². The third-order valence-electron chi connectivity index (χ3n) is 3.65. The van der Waals surface area contributed by atoms with Crippen LogP contribution in [0.3, 0.4) is 0 Å². The molecule has 0 N–H and O–H groups in total. The average Bonchev–Trinajstić information content (AvgIpc) is 2.82. The molecular weight excluding hydrogens is 417 g/mol. The minimum Gasteiger partial charge on any atom is -0.423 e. The summed E-state index contributed by atoms with van der Waals surface area (Å²) in [5.74, 6) is 1.35. The lowest BCUT2D eigenvalue weighted by atomic mass is 10.2. The number of nitrogens with zero attached hydrogens (tertiary/aromatic N) is 3. The number of nitriles is 3. The molecule has 0 atom stereocenters. The van der Waals surface area contributed by atoms with Crippen LogP contribution in [0, 0.1) is 34.0 Å². The van der Waals surface area contributed by atoms with E-state index in [1.54, 1.807) is 72.8 Å². The van der Waals surface area contributed by atoms with Crippen molar-refractivity contribution in [1.82, 2.24) is 0 Å². The molecule has 6 nitrogen and oxygen atoms in total. The zero-order chi connectivity index (χ0) is 21.8. The van der Waals surface area contributed by atoms with E-state index in [1.165, 1.54) is 0 Å². The average molecular weight is 431 g/mol. The Kier molecular flexibility index (Phi) is 8.78. The maximum Gasteiger partial charge on any atom is 0.406 e. The third kappa shape index (κ3) is 6.59. The molecule has 3 aromatic rings. The highest BCUT2D eigenvalue weighted by molar-refractivity contribution is 7.88. The number of benzene rings is 3. The zero-order valence-corrected chi connectivity index (χ0v) is 17.3. The van der Waals surface area contributed by atoms with Crippen LogP contribution < -0.4 is 14.2 Å². The van der Waals surface area contributed by atoms with Crippen LogP contribution in [0.5, 0.6) is 17.2 Å². The Morgan fingerprint density at radius 3 is 0.967 bits per heavy atom. The fourth-order valence-electron chi connectivity index (χ4n) is 2.23. The van der Waals surface area contributed by atoms with E-state index in [0.29, 0.717) is 33.9 Å². The maximum atomic E-state index is 8.90. The molecule has 3 aromatic carbocycles. The van der Waals surface area contributed by atoms with Crippen LogP contribution in [0.1, 0.15) is 16.7 Å². The van der Waals surface area contributed by atoms with Gasteiger partial charge in [-0.15, -0.1) is 0 Å². The Labute approximate surface area is 181 Å². The van der Waals surface area contributed by atoms with Crippen molar-refractivity contribution in [2.45, 2.75) is 6.48 Å². The lowest BCUT2D eigenvalue weighted by Crippen LogP contribution is -2.30. The van der Waals surface area contributed by atoms with Crippen LogP contribution in [0.25, 0.3) is 0 Å². The summed E-state index contributed by atoms with van der Waals surface area (Å²) in [5.41, 5.74) is 1.51. The zero-order valence-electron chi connectivity index (χ0n) is 15.5. The number of hydrogen-bond acceptors (Lipinski definition) is 7. The predicted molar refractivity (Wildman–Crippen MR) is 115 cm³/mol. The van der Waals surface area contributed by atoms with Crippen LogP contribution in [0.4, 0.5) is 0 Å². The highest BCUT2D eigenvalue weighted by atomic mass is 32.4.